The van der Waals surface area contributed by atoms with Crippen molar-refractivity contribution in [3.63, 3.8) is 0 Å². The predicted octanol–water partition coefficient (Wildman–Crippen LogP) is 3.65. The summed E-state index contributed by atoms with van der Waals surface area (Å²) in [6, 6.07) is 13.3. The summed E-state index contributed by atoms with van der Waals surface area (Å²) in [6.45, 7) is 1.95. The Hall–Kier alpha value is -3.08. The van der Waals surface area contributed by atoms with Gasteiger partial charge >= 0.3 is 0 Å². The molecule has 0 fully saturated rings. The molecule has 2 heterocycles. The van der Waals surface area contributed by atoms with Crippen LogP contribution in [-0.2, 0) is 6.42 Å². The minimum Gasteiger partial charge on any atom is -0.345 e. The highest BCUT2D eigenvalue weighted by atomic mass is 16.1. The lowest BCUT2D eigenvalue weighted by atomic mass is 9.92. The molecule has 0 saturated heterocycles. The number of amides is 1. The predicted molar refractivity (Wildman–Crippen MR) is 99.6 cm³/mol. The van der Waals surface area contributed by atoms with Gasteiger partial charge in [0.15, 0.2) is 5.82 Å². The van der Waals surface area contributed by atoms with Crippen LogP contribution in [0.15, 0.2) is 54.9 Å². The molecule has 1 aromatic carbocycles. The van der Waals surface area contributed by atoms with Gasteiger partial charge < -0.3 is 5.32 Å². The smallest absolute Gasteiger partial charge is 0.252 e. The zero-order valence-electron chi connectivity index (χ0n) is 14.6. The summed E-state index contributed by atoms with van der Waals surface area (Å²) in [6.07, 6.45) is 6.37. The van der Waals surface area contributed by atoms with Crippen molar-refractivity contribution in [3.05, 3.63) is 77.2 Å². The molecule has 0 spiro atoms. The van der Waals surface area contributed by atoms with Gasteiger partial charge in [-0.15, -0.1) is 0 Å². The number of aromatic nitrogens is 3. The van der Waals surface area contributed by atoms with E-state index in [9.17, 15) is 4.79 Å². The van der Waals surface area contributed by atoms with Gasteiger partial charge in [-0.05, 0) is 49.9 Å². The molecule has 2 aromatic heterocycles. The number of carbonyl (C=O) groups is 1. The normalized spacial score (nSPS) is 16.0. The number of hydrogen-bond acceptors (Lipinski definition) is 4. The maximum Gasteiger partial charge on any atom is 0.252 e. The maximum atomic E-state index is 12.7. The molecule has 1 aliphatic rings. The maximum absolute atomic E-state index is 12.7. The molecule has 26 heavy (non-hydrogen) atoms. The van der Waals surface area contributed by atoms with E-state index in [0.717, 1.165) is 41.8 Å². The Kier molecular flexibility index (Phi) is 4.44. The molecule has 1 atom stereocenters. The fourth-order valence-electron chi connectivity index (χ4n) is 3.38. The van der Waals surface area contributed by atoms with E-state index in [4.69, 9.17) is 4.98 Å². The molecule has 0 saturated carbocycles. The van der Waals surface area contributed by atoms with Crippen molar-refractivity contribution in [2.75, 3.05) is 0 Å². The SMILES string of the molecule is Cc1ccccc1C(=O)N[C@H]1CCCc2nc(-c3ccccn3)ncc21. The second-order valence-corrected chi connectivity index (χ2v) is 6.54. The molecule has 4 rings (SSSR count). The molecule has 1 amide bonds. The van der Waals surface area contributed by atoms with E-state index in [-0.39, 0.29) is 11.9 Å². The van der Waals surface area contributed by atoms with E-state index >= 15 is 0 Å². The van der Waals surface area contributed by atoms with Crippen LogP contribution in [-0.4, -0.2) is 20.9 Å². The van der Waals surface area contributed by atoms with Crippen molar-refractivity contribution in [2.24, 2.45) is 0 Å². The first-order valence-electron chi connectivity index (χ1n) is 8.86. The van der Waals surface area contributed by atoms with Crippen molar-refractivity contribution in [3.8, 4) is 11.5 Å². The Labute approximate surface area is 152 Å². The summed E-state index contributed by atoms with van der Waals surface area (Å²) in [7, 11) is 0. The second-order valence-electron chi connectivity index (χ2n) is 6.54. The number of rotatable bonds is 3. The molecule has 0 unspecified atom stereocenters. The van der Waals surface area contributed by atoms with Crippen molar-refractivity contribution < 1.29 is 4.79 Å². The number of benzene rings is 1. The van der Waals surface area contributed by atoms with E-state index in [1.807, 2.05) is 55.6 Å². The van der Waals surface area contributed by atoms with Gasteiger partial charge in [-0.1, -0.05) is 24.3 Å². The summed E-state index contributed by atoms with van der Waals surface area (Å²) in [5.41, 5.74) is 4.47. The number of carbonyl (C=O) groups excluding carboxylic acids is 1. The quantitative estimate of drug-likeness (QED) is 0.787. The third kappa shape index (κ3) is 3.20. The van der Waals surface area contributed by atoms with Crippen LogP contribution in [0.4, 0.5) is 0 Å². The van der Waals surface area contributed by atoms with Gasteiger partial charge in [0.25, 0.3) is 5.91 Å². The van der Waals surface area contributed by atoms with Gasteiger partial charge in [-0.25, -0.2) is 9.97 Å². The van der Waals surface area contributed by atoms with Gasteiger partial charge in [0.1, 0.15) is 5.69 Å². The standard InChI is InChI=1S/C21H20N4O/c1-14-7-2-3-8-15(14)21(26)25-18-11-6-10-17-16(18)13-23-20(24-17)19-9-4-5-12-22-19/h2-5,7-9,12-13,18H,6,10-11H2,1H3,(H,25,26)/t18-/m0/s1. The Balaban J connectivity index is 1.60. The van der Waals surface area contributed by atoms with E-state index in [1.54, 1.807) is 6.20 Å². The monoisotopic (exact) mass is 344 g/mol. The lowest BCUT2D eigenvalue weighted by molar-refractivity contribution is 0.0932. The van der Waals surface area contributed by atoms with Crippen molar-refractivity contribution >= 4 is 5.91 Å². The van der Waals surface area contributed by atoms with Gasteiger partial charge in [0.2, 0.25) is 0 Å². The van der Waals surface area contributed by atoms with Crippen LogP contribution in [0.5, 0.6) is 0 Å². The topological polar surface area (TPSA) is 67.8 Å². The third-order valence-electron chi connectivity index (χ3n) is 4.77. The Morgan fingerprint density at radius 2 is 1.96 bits per heavy atom. The number of aryl methyl sites for hydroxylation is 2. The first-order chi connectivity index (χ1) is 12.7. The minimum atomic E-state index is -0.0522. The molecule has 130 valence electrons. The molecule has 1 N–H and O–H groups in total. The first-order valence-corrected chi connectivity index (χ1v) is 8.86. The summed E-state index contributed by atoms with van der Waals surface area (Å²) in [4.78, 5) is 26.2. The Morgan fingerprint density at radius 1 is 1.12 bits per heavy atom. The molecule has 0 bridgehead atoms. The lowest BCUT2D eigenvalue weighted by Crippen LogP contribution is -2.32. The fourth-order valence-corrected chi connectivity index (χ4v) is 3.38. The van der Waals surface area contributed by atoms with Crippen LogP contribution in [0.25, 0.3) is 11.5 Å². The van der Waals surface area contributed by atoms with Gasteiger partial charge in [-0.2, -0.15) is 0 Å². The van der Waals surface area contributed by atoms with E-state index in [1.165, 1.54) is 0 Å². The third-order valence-corrected chi connectivity index (χ3v) is 4.77. The summed E-state index contributed by atoms with van der Waals surface area (Å²) < 4.78 is 0. The van der Waals surface area contributed by atoms with Crippen LogP contribution < -0.4 is 5.32 Å². The summed E-state index contributed by atoms with van der Waals surface area (Å²) in [5, 5.41) is 3.16. The molecular weight excluding hydrogens is 324 g/mol. The van der Waals surface area contributed by atoms with Crippen LogP contribution >= 0.6 is 0 Å². The molecule has 1 aliphatic carbocycles. The molecule has 0 radical (unpaired) electrons. The molecule has 5 heteroatoms. The molecule has 3 aromatic rings. The highest BCUT2D eigenvalue weighted by Gasteiger charge is 2.25. The van der Waals surface area contributed by atoms with Crippen LogP contribution in [0, 0.1) is 6.92 Å². The van der Waals surface area contributed by atoms with E-state index < -0.39 is 0 Å². The number of nitrogens with one attached hydrogen (secondary N) is 1. The number of fused-ring (bicyclic) bond motifs is 1. The number of pyridine rings is 1. The average Bonchev–Trinajstić information content (AvgIpc) is 2.69. The minimum absolute atomic E-state index is 0.0465. The second kappa shape index (κ2) is 7.04. The van der Waals surface area contributed by atoms with E-state index in [0.29, 0.717) is 11.4 Å². The van der Waals surface area contributed by atoms with Crippen molar-refractivity contribution in [2.45, 2.75) is 32.2 Å². The van der Waals surface area contributed by atoms with Crippen LogP contribution in [0.2, 0.25) is 0 Å². The van der Waals surface area contributed by atoms with Gasteiger partial charge in [0.05, 0.1) is 6.04 Å². The molecular formula is C21H20N4O. The fraction of sp³-hybridized carbons (Fsp3) is 0.238. The van der Waals surface area contributed by atoms with E-state index in [2.05, 4.69) is 15.3 Å². The molecule has 5 nitrogen and oxygen atoms in total. The Morgan fingerprint density at radius 3 is 2.77 bits per heavy atom. The zero-order chi connectivity index (χ0) is 17.9. The van der Waals surface area contributed by atoms with Crippen LogP contribution in [0.3, 0.4) is 0 Å². The highest BCUT2D eigenvalue weighted by molar-refractivity contribution is 5.95. The highest BCUT2D eigenvalue weighted by Crippen LogP contribution is 2.29. The van der Waals surface area contributed by atoms with Crippen molar-refractivity contribution in [1.82, 2.24) is 20.3 Å². The number of hydrogen-bond donors (Lipinski definition) is 1. The lowest BCUT2D eigenvalue weighted by Gasteiger charge is -2.25. The first kappa shape index (κ1) is 16.4. The summed E-state index contributed by atoms with van der Waals surface area (Å²) in [5.74, 6) is 0.588. The number of nitrogens with zero attached hydrogens (tertiary/aromatic N) is 3. The van der Waals surface area contributed by atoms with Crippen molar-refractivity contribution in [1.29, 1.82) is 0 Å². The van der Waals surface area contributed by atoms with Gasteiger partial charge in [-0.3, -0.25) is 9.78 Å². The average molecular weight is 344 g/mol. The molecule has 0 aliphatic heterocycles. The zero-order valence-corrected chi connectivity index (χ0v) is 14.6. The summed E-state index contributed by atoms with van der Waals surface area (Å²) >= 11 is 0. The van der Waals surface area contributed by atoms with Gasteiger partial charge in [0, 0.05) is 29.2 Å². The van der Waals surface area contributed by atoms with Crippen LogP contribution in [0.1, 0.15) is 46.1 Å². The largest absolute Gasteiger partial charge is 0.345 e. The Bertz CT molecular complexity index is 940.